The molecule has 2 aromatic heterocycles. The van der Waals surface area contributed by atoms with Crippen LogP contribution >= 0.6 is 11.3 Å². The van der Waals surface area contributed by atoms with Gasteiger partial charge in [0, 0.05) is 40.8 Å². The van der Waals surface area contributed by atoms with Crippen molar-refractivity contribution < 1.29 is 33.0 Å². The highest BCUT2D eigenvalue weighted by atomic mass is 32.1. The van der Waals surface area contributed by atoms with Crippen LogP contribution in [0, 0.1) is 0 Å². The van der Waals surface area contributed by atoms with Crippen molar-refractivity contribution in [1.82, 2.24) is 19.4 Å². The number of halogens is 3. The summed E-state index contributed by atoms with van der Waals surface area (Å²) in [6, 6.07) is 6.86. The van der Waals surface area contributed by atoms with E-state index in [1.807, 2.05) is 28.8 Å². The first-order chi connectivity index (χ1) is 15.6. The van der Waals surface area contributed by atoms with Crippen molar-refractivity contribution in [2.45, 2.75) is 44.5 Å². The molecule has 5 rings (SSSR count). The number of aliphatic hydroxyl groups is 1. The molecule has 0 spiro atoms. The van der Waals surface area contributed by atoms with Crippen LogP contribution in [0.15, 0.2) is 30.5 Å². The van der Waals surface area contributed by atoms with Gasteiger partial charge in [0.1, 0.15) is 0 Å². The fraction of sp³-hybridized carbons (Fsp3) is 0.381. The van der Waals surface area contributed by atoms with E-state index in [4.69, 9.17) is 5.11 Å². The van der Waals surface area contributed by atoms with Gasteiger partial charge in [0.15, 0.2) is 11.4 Å². The fourth-order valence-electron chi connectivity index (χ4n) is 4.68. The molecule has 33 heavy (non-hydrogen) atoms. The summed E-state index contributed by atoms with van der Waals surface area (Å²) in [5.74, 6) is -1.40. The Hall–Kier alpha value is -2.96. The smallest absolute Gasteiger partial charge is 0.443 e. The number of aromatic nitrogens is 2. The van der Waals surface area contributed by atoms with E-state index in [0.29, 0.717) is 22.6 Å². The summed E-state index contributed by atoms with van der Waals surface area (Å²) < 4.78 is 41.0. The molecular weight excluding hydrogens is 461 g/mol. The highest BCUT2D eigenvalue weighted by Crippen LogP contribution is 2.39. The normalized spacial score (nSPS) is 21.0. The minimum atomic E-state index is -4.51. The molecule has 0 radical (unpaired) electrons. The predicted molar refractivity (Wildman–Crippen MR) is 111 cm³/mol. The standard InChI is InChI=1S/C21H19F3N4O4S/c22-21(23,24)19-25-8-11(33-19)9-27-14-4-2-1-3-12(14)13-7-15-18(31)26(6-5-17(29)30)20(32)28(15)10-16(13)27/h1-4,8,15,20,32H,5-7,9-10H2,(H,29,30). The van der Waals surface area contributed by atoms with E-state index in [1.54, 1.807) is 4.90 Å². The van der Waals surface area contributed by atoms with Gasteiger partial charge in [-0.1, -0.05) is 18.2 Å². The van der Waals surface area contributed by atoms with Crippen molar-refractivity contribution in [1.29, 1.82) is 0 Å². The van der Waals surface area contributed by atoms with E-state index in [2.05, 4.69) is 4.98 Å². The van der Waals surface area contributed by atoms with Crippen LogP contribution in [0.5, 0.6) is 0 Å². The lowest BCUT2D eigenvalue weighted by Gasteiger charge is -2.31. The number of benzene rings is 1. The van der Waals surface area contributed by atoms with Crippen molar-refractivity contribution in [3.63, 3.8) is 0 Å². The maximum absolute atomic E-state index is 13.0. The molecule has 2 aliphatic rings. The molecule has 1 aromatic carbocycles. The number of carboxylic acid groups (broad SMARTS) is 1. The molecule has 1 saturated heterocycles. The molecule has 3 aromatic rings. The third-order valence-electron chi connectivity index (χ3n) is 6.14. The highest BCUT2D eigenvalue weighted by molar-refractivity contribution is 7.11. The van der Waals surface area contributed by atoms with Crippen LogP contribution in [0.2, 0.25) is 0 Å². The van der Waals surface area contributed by atoms with Crippen LogP contribution < -0.4 is 0 Å². The summed E-state index contributed by atoms with van der Waals surface area (Å²) >= 11 is 0.589. The van der Waals surface area contributed by atoms with E-state index >= 15 is 0 Å². The number of alkyl halides is 3. The maximum atomic E-state index is 13.0. The fourth-order valence-corrected chi connectivity index (χ4v) is 5.44. The number of hydrogen-bond acceptors (Lipinski definition) is 6. The van der Waals surface area contributed by atoms with Crippen LogP contribution in [0.1, 0.15) is 27.6 Å². The Balaban J connectivity index is 1.51. The molecule has 12 heteroatoms. The summed E-state index contributed by atoms with van der Waals surface area (Å²) in [5.41, 5.74) is 2.55. The van der Waals surface area contributed by atoms with Gasteiger partial charge in [-0.05, 0) is 18.1 Å². The average molecular weight is 480 g/mol. The Morgan fingerprint density at radius 3 is 2.73 bits per heavy atom. The third kappa shape index (κ3) is 3.67. The number of carbonyl (C=O) groups is 2. The van der Waals surface area contributed by atoms with Crippen LogP contribution in [-0.2, 0) is 35.3 Å². The number of thiazole rings is 1. The molecular formula is C21H19F3N4O4S. The lowest BCUT2D eigenvalue weighted by Crippen LogP contribution is -2.43. The summed E-state index contributed by atoms with van der Waals surface area (Å²) in [6.45, 7) is 0.277. The van der Waals surface area contributed by atoms with Crippen LogP contribution in [0.3, 0.4) is 0 Å². The van der Waals surface area contributed by atoms with Gasteiger partial charge in [0.25, 0.3) is 0 Å². The van der Waals surface area contributed by atoms with Gasteiger partial charge in [0.2, 0.25) is 5.91 Å². The van der Waals surface area contributed by atoms with Crippen LogP contribution in [0.4, 0.5) is 13.2 Å². The Morgan fingerprint density at radius 1 is 1.27 bits per heavy atom. The second kappa shape index (κ2) is 7.82. The number of aliphatic carboxylic acids is 1. The van der Waals surface area contributed by atoms with Gasteiger partial charge in [-0.25, -0.2) is 9.88 Å². The number of aliphatic hydroxyl groups excluding tert-OH is 1. The molecule has 2 aliphatic heterocycles. The van der Waals surface area contributed by atoms with Gasteiger partial charge >= 0.3 is 12.1 Å². The topological polar surface area (TPSA) is 98.9 Å². The quantitative estimate of drug-likeness (QED) is 0.582. The molecule has 4 heterocycles. The van der Waals surface area contributed by atoms with Crippen molar-refractivity contribution in [2.24, 2.45) is 0 Å². The summed E-state index contributed by atoms with van der Waals surface area (Å²) in [6.07, 6.45) is -4.51. The molecule has 1 amide bonds. The largest absolute Gasteiger partial charge is 0.481 e. The Bertz CT molecular complexity index is 1250. The zero-order chi connectivity index (χ0) is 23.5. The second-order valence-corrected chi connectivity index (χ2v) is 9.19. The van der Waals surface area contributed by atoms with E-state index in [1.165, 1.54) is 6.20 Å². The first-order valence-electron chi connectivity index (χ1n) is 10.2. The van der Waals surface area contributed by atoms with E-state index < -0.39 is 29.5 Å². The highest BCUT2D eigenvalue weighted by Gasteiger charge is 2.48. The number of para-hydroxylation sites is 1. The van der Waals surface area contributed by atoms with Gasteiger partial charge in [-0.15, -0.1) is 11.3 Å². The molecule has 0 bridgehead atoms. The minimum Gasteiger partial charge on any atom is -0.481 e. The molecule has 174 valence electrons. The Morgan fingerprint density at radius 2 is 2.03 bits per heavy atom. The van der Waals surface area contributed by atoms with Crippen molar-refractivity contribution in [2.75, 3.05) is 6.54 Å². The monoisotopic (exact) mass is 480 g/mol. The molecule has 2 unspecified atom stereocenters. The number of fused-ring (bicyclic) bond motifs is 4. The van der Waals surface area contributed by atoms with Crippen molar-refractivity contribution in [3.8, 4) is 0 Å². The van der Waals surface area contributed by atoms with E-state index in [0.717, 1.165) is 27.1 Å². The summed E-state index contributed by atoms with van der Waals surface area (Å²) in [5, 5.41) is 19.7. The third-order valence-corrected chi connectivity index (χ3v) is 7.17. The van der Waals surface area contributed by atoms with Gasteiger partial charge in [-0.3, -0.25) is 9.59 Å². The van der Waals surface area contributed by atoms with Crippen LogP contribution in [0.25, 0.3) is 10.9 Å². The number of hydrogen-bond donors (Lipinski definition) is 2. The Labute approximate surface area is 189 Å². The molecule has 8 nitrogen and oxygen atoms in total. The van der Waals surface area contributed by atoms with E-state index in [-0.39, 0.29) is 32.0 Å². The number of nitrogens with zero attached hydrogens (tertiary/aromatic N) is 4. The summed E-state index contributed by atoms with van der Waals surface area (Å²) in [7, 11) is 0. The first kappa shape index (κ1) is 21.9. The predicted octanol–water partition coefficient (Wildman–Crippen LogP) is 2.48. The number of rotatable bonds is 5. The molecule has 2 atom stereocenters. The molecule has 0 aliphatic carbocycles. The molecule has 2 N–H and O–H groups in total. The number of carboxylic acids is 1. The molecule has 1 fully saturated rings. The lowest BCUT2D eigenvalue weighted by atomic mass is 9.97. The zero-order valence-electron chi connectivity index (χ0n) is 17.1. The average Bonchev–Trinajstić information content (AvgIpc) is 3.42. The lowest BCUT2D eigenvalue weighted by molar-refractivity contribution is -0.141. The van der Waals surface area contributed by atoms with Gasteiger partial charge in [0.05, 0.1) is 19.0 Å². The molecule has 0 saturated carbocycles. The number of amides is 1. The SMILES string of the molecule is O=C(O)CCN1C(=O)C2Cc3c(n(Cc4cnc(C(F)(F)F)s4)c4ccccc34)CN2C1O. The first-order valence-corrected chi connectivity index (χ1v) is 11.0. The minimum absolute atomic E-state index is 0.103. The van der Waals surface area contributed by atoms with Crippen LogP contribution in [-0.4, -0.2) is 60.4 Å². The van der Waals surface area contributed by atoms with Gasteiger partial charge in [-0.2, -0.15) is 13.2 Å². The van der Waals surface area contributed by atoms with E-state index in [9.17, 15) is 27.9 Å². The second-order valence-electron chi connectivity index (χ2n) is 8.07. The summed E-state index contributed by atoms with van der Waals surface area (Å²) in [4.78, 5) is 30.6. The zero-order valence-corrected chi connectivity index (χ0v) is 17.9. The maximum Gasteiger partial charge on any atom is 0.443 e. The van der Waals surface area contributed by atoms with Gasteiger partial charge < -0.3 is 19.7 Å². The number of carbonyl (C=O) groups excluding carboxylic acids is 1. The van der Waals surface area contributed by atoms with Crippen molar-refractivity contribution >= 4 is 34.1 Å². The Kier molecular flexibility index (Phi) is 5.18. The van der Waals surface area contributed by atoms with Crippen molar-refractivity contribution in [3.05, 3.63) is 51.6 Å².